The van der Waals surface area contributed by atoms with E-state index in [0.29, 0.717) is 0 Å². The highest BCUT2D eigenvalue weighted by Gasteiger charge is 1.95. The van der Waals surface area contributed by atoms with Crippen LogP contribution in [0, 0.1) is 5.75 Å². The van der Waals surface area contributed by atoms with Crippen molar-refractivity contribution in [2.45, 2.75) is 142 Å². The second-order valence-corrected chi connectivity index (χ2v) is 8.91. The zero-order valence-corrected chi connectivity index (χ0v) is 18.7. The highest BCUT2D eigenvalue weighted by Crippen LogP contribution is 2.17. The third kappa shape index (κ3) is 24.4. The summed E-state index contributed by atoms with van der Waals surface area (Å²) in [6.07, 6.45) is 28.8. The van der Waals surface area contributed by atoms with E-state index in [1.165, 1.54) is 134 Å². The van der Waals surface area contributed by atoms with Crippen LogP contribution in [-0.4, -0.2) is 5.75 Å². The molecule has 0 amide bonds. The van der Waals surface area contributed by atoms with Gasteiger partial charge in [0.05, 0.1) is 0 Å². The van der Waals surface area contributed by atoms with Crippen molar-refractivity contribution >= 4 is 11.8 Å². The molecule has 0 aromatic heterocycles. The summed E-state index contributed by atoms with van der Waals surface area (Å²) < 4.78 is 0. The molecule has 0 unspecified atom stereocenters. The van der Waals surface area contributed by atoms with Gasteiger partial charge in [-0.15, -0.1) is 0 Å². The predicted octanol–water partition coefficient (Wildman–Crippen LogP) is 9.72. The average molecular weight is 370 g/mol. The number of thioether (sulfide) groups is 1. The van der Waals surface area contributed by atoms with Crippen LogP contribution in [0.3, 0.4) is 0 Å². The van der Waals surface area contributed by atoms with Crippen LogP contribution in [0.2, 0.25) is 0 Å². The van der Waals surface area contributed by atoms with Gasteiger partial charge in [-0.2, -0.15) is 11.8 Å². The summed E-state index contributed by atoms with van der Waals surface area (Å²) in [4.78, 5) is 0. The highest BCUT2D eigenvalue weighted by molar-refractivity contribution is 8.01. The molecule has 151 valence electrons. The van der Waals surface area contributed by atoms with Gasteiger partial charge in [0.25, 0.3) is 0 Å². The second-order valence-electron chi connectivity index (χ2n) is 7.84. The van der Waals surface area contributed by atoms with Crippen LogP contribution in [0.1, 0.15) is 142 Å². The Bertz CT molecular complexity index is 192. The van der Waals surface area contributed by atoms with Gasteiger partial charge < -0.3 is 0 Å². The van der Waals surface area contributed by atoms with Gasteiger partial charge >= 0.3 is 0 Å². The zero-order chi connectivity index (χ0) is 18.3. The Balaban J connectivity index is 2.94. The van der Waals surface area contributed by atoms with Gasteiger partial charge in [-0.25, -0.2) is 0 Å². The van der Waals surface area contributed by atoms with Gasteiger partial charge in [0.2, 0.25) is 0 Å². The summed E-state index contributed by atoms with van der Waals surface area (Å²) in [7, 11) is 0. The standard InChI is InChI=1S/C24H49S/c1-3-5-7-9-11-12-13-14-15-16-17-18-20-22-24-25-23-21-19-10-8-6-4-2/h24H,3-23H2,1-2H3. The van der Waals surface area contributed by atoms with Crippen LogP contribution in [0.5, 0.6) is 0 Å². The van der Waals surface area contributed by atoms with E-state index in [9.17, 15) is 0 Å². The summed E-state index contributed by atoms with van der Waals surface area (Å²) in [5.74, 6) is 3.83. The lowest BCUT2D eigenvalue weighted by atomic mass is 10.0. The Kier molecular flexibility index (Phi) is 24.7. The molecule has 0 aromatic carbocycles. The molecule has 0 rings (SSSR count). The van der Waals surface area contributed by atoms with Crippen LogP contribution in [0.15, 0.2) is 0 Å². The van der Waals surface area contributed by atoms with Crippen LogP contribution >= 0.6 is 11.8 Å². The lowest BCUT2D eigenvalue weighted by Gasteiger charge is -2.04. The second kappa shape index (κ2) is 24.4. The number of hydrogen-bond acceptors (Lipinski definition) is 1. The van der Waals surface area contributed by atoms with Crippen molar-refractivity contribution in [3.05, 3.63) is 5.75 Å². The van der Waals surface area contributed by atoms with Crippen molar-refractivity contribution in [3.63, 3.8) is 0 Å². The van der Waals surface area contributed by atoms with Gasteiger partial charge in [0.15, 0.2) is 0 Å². The smallest absolute Gasteiger partial charge is 0.0166 e. The molecular weight excluding hydrogens is 320 g/mol. The SMILES string of the molecule is CCCCCCCCCCCCCCC[CH]SCCCCCCCC. The molecule has 0 atom stereocenters. The average Bonchev–Trinajstić information content (AvgIpc) is 2.63. The molecule has 0 N–H and O–H groups in total. The first-order valence-electron chi connectivity index (χ1n) is 11.8. The predicted molar refractivity (Wildman–Crippen MR) is 120 cm³/mol. The maximum absolute atomic E-state index is 2.48. The molecule has 0 aliphatic carbocycles. The van der Waals surface area contributed by atoms with E-state index < -0.39 is 0 Å². The molecule has 0 aliphatic rings. The molecule has 0 aromatic rings. The van der Waals surface area contributed by atoms with Crippen molar-refractivity contribution in [2.75, 3.05) is 5.75 Å². The Labute approximate surface area is 165 Å². The Morgan fingerprint density at radius 1 is 0.440 bits per heavy atom. The van der Waals surface area contributed by atoms with Gasteiger partial charge in [-0.05, 0) is 18.6 Å². The topological polar surface area (TPSA) is 0 Å². The van der Waals surface area contributed by atoms with Crippen molar-refractivity contribution < 1.29 is 0 Å². The molecule has 0 spiro atoms. The Morgan fingerprint density at radius 2 is 0.800 bits per heavy atom. The maximum atomic E-state index is 2.48. The largest absolute Gasteiger partial charge is 0.157 e. The minimum atomic E-state index is 1.33. The van der Waals surface area contributed by atoms with E-state index in [1.807, 2.05) is 0 Å². The molecular formula is C24H49S. The monoisotopic (exact) mass is 369 g/mol. The summed E-state index contributed by atoms with van der Waals surface area (Å²) >= 11 is 2.08. The van der Waals surface area contributed by atoms with E-state index in [2.05, 4.69) is 31.4 Å². The van der Waals surface area contributed by atoms with Gasteiger partial charge in [0, 0.05) is 5.75 Å². The molecule has 0 saturated carbocycles. The minimum Gasteiger partial charge on any atom is -0.157 e. The molecule has 0 aliphatic heterocycles. The molecule has 25 heavy (non-hydrogen) atoms. The lowest BCUT2D eigenvalue weighted by Crippen LogP contribution is -1.84. The van der Waals surface area contributed by atoms with Crippen molar-refractivity contribution in [1.29, 1.82) is 0 Å². The molecule has 0 saturated heterocycles. The van der Waals surface area contributed by atoms with Crippen LogP contribution in [-0.2, 0) is 0 Å². The molecule has 1 heteroatoms. The fourth-order valence-electron chi connectivity index (χ4n) is 3.38. The Hall–Kier alpha value is 0.350. The molecule has 0 heterocycles. The fourth-order valence-corrected chi connectivity index (χ4v) is 4.25. The molecule has 0 fully saturated rings. The summed E-state index contributed by atoms with van der Waals surface area (Å²) in [5.41, 5.74) is 0. The fraction of sp³-hybridized carbons (Fsp3) is 0.958. The van der Waals surface area contributed by atoms with E-state index in [0.717, 1.165) is 0 Å². The first-order chi connectivity index (χ1) is 12.4. The third-order valence-electron chi connectivity index (χ3n) is 5.16. The van der Waals surface area contributed by atoms with Crippen LogP contribution in [0.4, 0.5) is 0 Å². The van der Waals surface area contributed by atoms with Crippen molar-refractivity contribution in [1.82, 2.24) is 0 Å². The quantitative estimate of drug-likeness (QED) is 0.171. The van der Waals surface area contributed by atoms with Crippen LogP contribution in [0.25, 0.3) is 0 Å². The first kappa shape index (κ1) is 25.4. The van der Waals surface area contributed by atoms with E-state index in [4.69, 9.17) is 0 Å². The summed E-state index contributed by atoms with van der Waals surface area (Å²) in [5, 5.41) is 0. The van der Waals surface area contributed by atoms with Gasteiger partial charge in [-0.1, -0.05) is 129 Å². The summed E-state index contributed by atoms with van der Waals surface area (Å²) in [6, 6.07) is 0. The Morgan fingerprint density at radius 3 is 1.24 bits per heavy atom. The normalized spacial score (nSPS) is 11.3. The van der Waals surface area contributed by atoms with Gasteiger partial charge in [-0.3, -0.25) is 0 Å². The van der Waals surface area contributed by atoms with Crippen LogP contribution < -0.4 is 0 Å². The van der Waals surface area contributed by atoms with Gasteiger partial charge in [0.1, 0.15) is 0 Å². The highest BCUT2D eigenvalue weighted by atomic mass is 32.2. The number of unbranched alkanes of at least 4 members (excludes halogenated alkanes) is 18. The third-order valence-corrected chi connectivity index (χ3v) is 6.15. The molecule has 1 radical (unpaired) electrons. The minimum absolute atomic E-state index is 1.33. The number of rotatable bonds is 22. The van der Waals surface area contributed by atoms with E-state index >= 15 is 0 Å². The summed E-state index contributed by atoms with van der Waals surface area (Å²) in [6.45, 7) is 4.59. The van der Waals surface area contributed by atoms with E-state index in [-0.39, 0.29) is 0 Å². The van der Waals surface area contributed by atoms with E-state index in [1.54, 1.807) is 0 Å². The zero-order valence-electron chi connectivity index (χ0n) is 17.8. The molecule has 0 bridgehead atoms. The lowest BCUT2D eigenvalue weighted by molar-refractivity contribution is 0.540. The number of hydrogen-bond donors (Lipinski definition) is 0. The molecule has 0 nitrogen and oxygen atoms in total. The van der Waals surface area contributed by atoms with Crippen molar-refractivity contribution in [2.24, 2.45) is 0 Å². The van der Waals surface area contributed by atoms with Crippen molar-refractivity contribution in [3.8, 4) is 0 Å². The first-order valence-corrected chi connectivity index (χ1v) is 12.9. The maximum Gasteiger partial charge on any atom is 0.0166 e.